The molecule has 4 atom stereocenters. The molecule has 0 radical (unpaired) electrons. The van der Waals surface area contributed by atoms with Gasteiger partial charge in [-0.15, -0.1) is 0 Å². The Balaban J connectivity index is 1.77. The lowest BCUT2D eigenvalue weighted by molar-refractivity contribution is 0.0253. The van der Waals surface area contributed by atoms with Gasteiger partial charge in [-0.2, -0.15) is 0 Å². The van der Waals surface area contributed by atoms with Crippen LogP contribution in [0.25, 0.3) is 0 Å². The normalized spacial score (nSPS) is 23.9. The number of aliphatic hydroxyl groups is 1. The second-order valence-corrected chi connectivity index (χ2v) is 8.41. The molecule has 1 fully saturated rings. The molecule has 2 N–H and O–H groups in total. The summed E-state index contributed by atoms with van der Waals surface area (Å²) < 4.78 is 10.6. The number of rotatable bonds is 10. The quantitative estimate of drug-likeness (QED) is 0.484. The van der Waals surface area contributed by atoms with Gasteiger partial charge in [0, 0.05) is 18.0 Å². The molecule has 164 valence electrons. The number of piperidine rings is 1. The Labute approximate surface area is 181 Å². The average molecular weight is 412 g/mol. The third-order valence-corrected chi connectivity index (χ3v) is 6.41. The zero-order chi connectivity index (χ0) is 21.3. The molecule has 4 heteroatoms. The molecule has 0 unspecified atom stereocenters. The van der Waals surface area contributed by atoms with Gasteiger partial charge in [-0.05, 0) is 48.2 Å². The van der Waals surface area contributed by atoms with E-state index in [0.29, 0.717) is 0 Å². The molecule has 1 aliphatic heterocycles. The van der Waals surface area contributed by atoms with E-state index in [1.165, 1.54) is 43.2 Å². The highest BCUT2D eigenvalue weighted by atomic mass is 16.5. The van der Waals surface area contributed by atoms with Gasteiger partial charge < -0.3 is 19.9 Å². The molecule has 0 aromatic heterocycles. The van der Waals surface area contributed by atoms with Gasteiger partial charge in [0.2, 0.25) is 0 Å². The van der Waals surface area contributed by atoms with Gasteiger partial charge in [0.25, 0.3) is 0 Å². The van der Waals surface area contributed by atoms with Gasteiger partial charge >= 0.3 is 0 Å². The number of ether oxygens (including phenoxy) is 2. The van der Waals surface area contributed by atoms with Crippen molar-refractivity contribution in [1.29, 1.82) is 0 Å². The third-order valence-electron chi connectivity index (χ3n) is 6.41. The van der Waals surface area contributed by atoms with E-state index in [0.717, 1.165) is 24.3 Å². The Morgan fingerprint density at radius 3 is 1.97 bits per heavy atom. The minimum Gasteiger partial charge on any atom is -0.497 e. The van der Waals surface area contributed by atoms with Crippen molar-refractivity contribution in [2.45, 2.75) is 70.1 Å². The molecule has 1 saturated heterocycles. The summed E-state index contributed by atoms with van der Waals surface area (Å²) in [5, 5.41) is 15.0. The summed E-state index contributed by atoms with van der Waals surface area (Å²) >= 11 is 0. The van der Waals surface area contributed by atoms with E-state index in [9.17, 15) is 5.11 Å². The molecule has 2 aromatic rings. The third kappa shape index (κ3) is 5.77. The molecule has 0 spiro atoms. The first-order valence-electron chi connectivity index (χ1n) is 11.4. The first-order chi connectivity index (χ1) is 14.7. The van der Waals surface area contributed by atoms with Gasteiger partial charge in [0.15, 0.2) is 0 Å². The zero-order valence-electron chi connectivity index (χ0n) is 18.6. The van der Waals surface area contributed by atoms with Gasteiger partial charge in [0.05, 0.1) is 20.3 Å². The van der Waals surface area contributed by atoms with Crippen LogP contribution in [0, 0.1) is 5.92 Å². The standard InChI is InChI=1S/C26H37NO3/c1-4-5-6-7-8-9-23-25(28)18-24(19-10-14-21(29-2)15-11-19)27-26(23)20-12-16-22(30-3)17-13-20/h10-17,23-28H,4-9,18H2,1-3H3/t23-,24+,25-,26-/m1/s1. The predicted octanol–water partition coefficient (Wildman–Crippen LogP) is 5.82. The van der Waals surface area contributed by atoms with E-state index in [-0.39, 0.29) is 24.1 Å². The van der Waals surface area contributed by atoms with Crippen LogP contribution >= 0.6 is 0 Å². The van der Waals surface area contributed by atoms with Crippen molar-refractivity contribution in [2.75, 3.05) is 14.2 Å². The number of unbranched alkanes of at least 4 members (excludes halogenated alkanes) is 4. The molecule has 3 rings (SSSR count). The van der Waals surface area contributed by atoms with Crippen molar-refractivity contribution >= 4 is 0 Å². The summed E-state index contributed by atoms with van der Waals surface area (Å²) in [5.74, 6) is 1.93. The number of aliphatic hydroxyl groups excluding tert-OH is 1. The van der Waals surface area contributed by atoms with E-state index in [4.69, 9.17) is 9.47 Å². The highest BCUT2D eigenvalue weighted by molar-refractivity contribution is 5.33. The maximum Gasteiger partial charge on any atom is 0.118 e. The Morgan fingerprint density at radius 1 is 0.833 bits per heavy atom. The molecule has 1 aliphatic rings. The molecule has 0 amide bonds. The lowest BCUT2D eigenvalue weighted by atomic mass is 9.77. The number of benzene rings is 2. The molecule has 0 saturated carbocycles. The van der Waals surface area contributed by atoms with Gasteiger partial charge in [0.1, 0.15) is 11.5 Å². The van der Waals surface area contributed by atoms with Crippen molar-refractivity contribution in [3.05, 3.63) is 59.7 Å². The van der Waals surface area contributed by atoms with Crippen LogP contribution in [0.1, 0.15) is 75.1 Å². The number of hydrogen-bond donors (Lipinski definition) is 2. The first-order valence-corrected chi connectivity index (χ1v) is 11.4. The van der Waals surface area contributed by atoms with Crippen molar-refractivity contribution < 1.29 is 14.6 Å². The first kappa shape index (κ1) is 22.6. The Hall–Kier alpha value is -2.04. The van der Waals surface area contributed by atoms with Crippen molar-refractivity contribution in [3.63, 3.8) is 0 Å². The maximum atomic E-state index is 11.1. The molecule has 4 nitrogen and oxygen atoms in total. The van der Waals surface area contributed by atoms with Gasteiger partial charge in [-0.3, -0.25) is 0 Å². The SMILES string of the molecule is CCCCCCC[C@@H]1[C@H](O)C[C@@H](c2ccc(OC)cc2)N[C@@H]1c1ccc(OC)cc1. The van der Waals surface area contributed by atoms with Crippen LogP contribution in [0.4, 0.5) is 0 Å². The highest BCUT2D eigenvalue weighted by Gasteiger charge is 2.37. The smallest absolute Gasteiger partial charge is 0.118 e. The van der Waals surface area contributed by atoms with E-state index in [2.05, 4.69) is 36.5 Å². The zero-order valence-corrected chi connectivity index (χ0v) is 18.6. The Kier molecular flexibility index (Phi) is 8.59. The minimum atomic E-state index is -0.323. The maximum absolute atomic E-state index is 11.1. The molecule has 0 aliphatic carbocycles. The number of methoxy groups -OCH3 is 2. The van der Waals surface area contributed by atoms with Crippen molar-refractivity contribution in [3.8, 4) is 11.5 Å². The highest BCUT2D eigenvalue weighted by Crippen LogP contribution is 2.40. The Bertz CT molecular complexity index is 744. The monoisotopic (exact) mass is 411 g/mol. The van der Waals surface area contributed by atoms with Crippen LogP contribution in [0.5, 0.6) is 11.5 Å². The summed E-state index contributed by atoms with van der Waals surface area (Å²) in [6.07, 6.45) is 7.71. The largest absolute Gasteiger partial charge is 0.497 e. The number of hydrogen-bond acceptors (Lipinski definition) is 4. The summed E-state index contributed by atoms with van der Waals surface area (Å²) in [6, 6.07) is 16.7. The summed E-state index contributed by atoms with van der Waals surface area (Å²) in [4.78, 5) is 0. The van der Waals surface area contributed by atoms with Crippen LogP contribution < -0.4 is 14.8 Å². The average Bonchev–Trinajstić information content (AvgIpc) is 2.79. The number of nitrogens with one attached hydrogen (secondary N) is 1. The van der Waals surface area contributed by atoms with Crippen LogP contribution in [-0.4, -0.2) is 25.4 Å². The molecule has 0 bridgehead atoms. The molecular weight excluding hydrogens is 374 g/mol. The van der Waals surface area contributed by atoms with Gasteiger partial charge in [-0.25, -0.2) is 0 Å². The van der Waals surface area contributed by atoms with Crippen LogP contribution in [0.15, 0.2) is 48.5 Å². The molecule has 30 heavy (non-hydrogen) atoms. The van der Waals surface area contributed by atoms with Crippen LogP contribution in [-0.2, 0) is 0 Å². The van der Waals surface area contributed by atoms with Crippen LogP contribution in [0.3, 0.4) is 0 Å². The second-order valence-electron chi connectivity index (χ2n) is 8.41. The fourth-order valence-electron chi connectivity index (χ4n) is 4.61. The van der Waals surface area contributed by atoms with Crippen molar-refractivity contribution in [1.82, 2.24) is 5.32 Å². The Morgan fingerprint density at radius 2 is 1.40 bits per heavy atom. The van der Waals surface area contributed by atoms with Gasteiger partial charge in [-0.1, -0.05) is 63.3 Å². The lowest BCUT2D eigenvalue weighted by Crippen LogP contribution is -2.44. The fraction of sp³-hybridized carbons (Fsp3) is 0.538. The summed E-state index contributed by atoms with van der Waals surface area (Å²) in [6.45, 7) is 2.24. The topological polar surface area (TPSA) is 50.7 Å². The summed E-state index contributed by atoms with van der Waals surface area (Å²) in [7, 11) is 3.37. The van der Waals surface area contributed by atoms with E-state index < -0.39 is 0 Å². The van der Waals surface area contributed by atoms with E-state index in [1.54, 1.807) is 14.2 Å². The minimum absolute atomic E-state index is 0.120. The molecule has 2 aromatic carbocycles. The molecule has 1 heterocycles. The molecular formula is C26H37NO3. The fourth-order valence-corrected chi connectivity index (χ4v) is 4.61. The van der Waals surface area contributed by atoms with Crippen molar-refractivity contribution in [2.24, 2.45) is 5.92 Å². The second kappa shape index (κ2) is 11.4. The lowest BCUT2D eigenvalue weighted by Gasteiger charge is -2.41. The van der Waals surface area contributed by atoms with E-state index in [1.807, 2.05) is 24.3 Å². The van der Waals surface area contributed by atoms with Crippen LogP contribution in [0.2, 0.25) is 0 Å². The summed E-state index contributed by atoms with van der Waals surface area (Å²) in [5.41, 5.74) is 2.40. The van der Waals surface area contributed by atoms with E-state index >= 15 is 0 Å². The predicted molar refractivity (Wildman–Crippen MR) is 122 cm³/mol.